The van der Waals surface area contributed by atoms with Crippen molar-refractivity contribution in [3.05, 3.63) is 22.0 Å². The van der Waals surface area contributed by atoms with Gasteiger partial charge < -0.3 is 5.32 Å². The third-order valence-electron chi connectivity index (χ3n) is 3.70. The Labute approximate surface area is 145 Å². The molecule has 0 saturated carbocycles. The fraction of sp³-hybridized carbons (Fsp3) is 0.571. The van der Waals surface area contributed by atoms with Crippen LogP contribution in [-0.4, -0.2) is 32.8 Å². The van der Waals surface area contributed by atoms with Crippen LogP contribution in [0, 0.1) is 0 Å². The Kier molecular flexibility index (Phi) is 6.49. The zero-order valence-electron chi connectivity index (χ0n) is 13.0. The van der Waals surface area contributed by atoms with Crippen molar-refractivity contribution in [3.63, 3.8) is 0 Å². The predicted octanol–water partition coefficient (Wildman–Crippen LogP) is 2.31. The first-order chi connectivity index (χ1) is 10.8. The molecule has 0 spiro atoms. The van der Waals surface area contributed by atoms with Crippen molar-refractivity contribution >= 4 is 34.8 Å². The van der Waals surface area contributed by atoms with E-state index < -0.39 is 0 Å². The van der Waals surface area contributed by atoms with Gasteiger partial charge in [0.15, 0.2) is 5.69 Å². The molecule has 3 N–H and O–H groups in total. The summed E-state index contributed by atoms with van der Waals surface area (Å²) >= 11 is 1.44. The zero-order valence-corrected chi connectivity index (χ0v) is 14.6. The Morgan fingerprint density at radius 2 is 2.22 bits per heavy atom. The standard InChI is InChI=1S/C14H20N6OS.ClH/c1-2-3-4-5-11-18-20-14(22-11)16-13(21)12-9-8-15-7-6-10(9)17-19-12;/h15H,2-8H2,1H3,(H,17,19)(H,16,20,21);1H. The van der Waals surface area contributed by atoms with Crippen LogP contribution in [0.1, 0.15) is 52.9 Å². The van der Waals surface area contributed by atoms with Gasteiger partial charge in [-0.3, -0.25) is 15.2 Å². The maximum Gasteiger partial charge on any atom is 0.278 e. The molecule has 0 fully saturated rings. The molecule has 1 amide bonds. The number of amides is 1. The molecule has 0 saturated heterocycles. The van der Waals surface area contributed by atoms with Gasteiger partial charge in [0.05, 0.1) is 0 Å². The Bertz CT molecular complexity index is 655. The highest BCUT2D eigenvalue weighted by molar-refractivity contribution is 7.15. The minimum Gasteiger partial charge on any atom is -0.312 e. The van der Waals surface area contributed by atoms with Crippen LogP contribution in [0.15, 0.2) is 0 Å². The first-order valence-corrected chi connectivity index (χ1v) is 8.50. The summed E-state index contributed by atoms with van der Waals surface area (Å²) in [6.45, 7) is 3.76. The Balaban J connectivity index is 0.00000192. The van der Waals surface area contributed by atoms with Crippen LogP contribution in [0.2, 0.25) is 0 Å². The van der Waals surface area contributed by atoms with Crippen molar-refractivity contribution in [2.45, 2.75) is 45.6 Å². The van der Waals surface area contributed by atoms with E-state index in [0.717, 1.165) is 42.1 Å². The molecule has 23 heavy (non-hydrogen) atoms. The number of nitrogens with zero attached hydrogens (tertiary/aromatic N) is 3. The number of unbranched alkanes of at least 4 members (excludes halogenated alkanes) is 2. The third-order valence-corrected chi connectivity index (χ3v) is 4.60. The summed E-state index contributed by atoms with van der Waals surface area (Å²) in [6.07, 6.45) is 5.27. The van der Waals surface area contributed by atoms with Crippen molar-refractivity contribution in [1.82, 2.24) is 25.7 Å². The van der Waals surface area contributed by atoms with Gasteiger partial charge in [-0.1, -0.05) is 31.1 Å². The van der Waals surface area contributed by atoms with Gasteiger partial charge >= 0.3 is 0 Å². The first-order valence-electron chi connectivity index (χ1n) is 7.68. The van der Waals surface area contributed by atoms with E-state index >= 15 is 0 Å². The topological polar surface area (TPSA) is 95.6 Å². The van der Waals surface area contributed by atoms with Crippen LogP contribution in [0.4, 0.5) is 5.13 Å². The average molecular weight is 357 g/mol. The van der Waals surface area contributed by atoms with Crippen molar-refractivity contribution in [1.29, 1.82) is 0 Å². The summed E-state index contributed by atoms with van der Waals surface area (Å²) in [6, 6.07) is 0. The summed E-state index contributed by atoms with van der Waals surface area (Å²) in [5, 5.41) is 22.8. The third kappa shape index (κ3) is 4.27. The molecule has 2 aromatic rings. The van der Waals surface area contributed by atoms with E-state index in [2.05, 4.69) is 38.0 Å². The number of H-pyrrole nitrogens is 1. The molecular weight excluding hydrogens is 336 g/mol. The van der Waals surface area contributed by atoms with Crippen LogP contribution < -0.4 is 10.6 Å². The Hall–Kier alpha value is -1.51. The second-order valence-electron chi connectivity index (χ2n) is 5.37. The summed E-state index contributed by atoms with van der Waals surface area (Å²) in [5.41, 5.74) is 2.45. The molecule has 2 aromatic heterocycles. The molecular formula is C14H21ClN6OS. The molecule has 9 heteroatoms. The van der Waals surface area contributed by atoms with Crippen molar-refractivity contribution < 1.29 is 4.79 Å². The molecule has 0 bridgehead atoms. The normalized spacial score (nSPS) is 13.3. The van der Waals surface area contributed by atoms with Gasteiger partial charge in [0.25, 0.3) is 5.91 Å². The minimum atomic E-state index is -0.225. The largest absolute Gasteiger partial charge is 0.312 e. The maximum atomic E-state index is 12.3. The number of rotatable bonds is 6. The quantitative estimate of drug-likeness (QED) is 0.690. The second kappa shape index (κ2) is 8.37. The van der Waals surface area contributed by atoms with Crippen molar-refractivity contribution in [2.24, 2.45) is 0 Å². The number of nitrogens with one attached hydrogen (secondary N) is 3. The summed E-state index contributed by atoms with van der Waals surface area (Å²) in [4.78, 5) is 12.3. The van der Waals surface area contributed by atoms with Crippen LogP contribution in [0.5, 0.6) is 0 Å². The number of hydrogen-bond acceptors (Lipinski definition) is 6. The smallest absolute Gasteiger partial charge is 0.278 e. The zero-order chi connectivity index (χ0) is 15.4. The van der Waals surface area contributed by atoms with E-state index in [0.29, 0.717) is 17.4 Å². The maximum absolute atomic E-state index is 12.3. The second-order valence-corrected chi connectivity index (χ2v) is 6.43. The molecule has 3 rings (SSSR count). The fourth-order valence-electron chi connectivity index (χ4n) is 2.50. The summed E-state index contributed by atoms with van der Waals surface area (Å²) < 4.78 is 0. The SMILES string of the molecule is CCCCCc1nnc(NC(=O)c2n[nH]c3c2CNCC3)s1.Cl. The van der Waals surface area contributed by atoms with Crippen LogP contribution >= 0.6 is 23.7 Å². The lowest BCUT2D eigenvalue weighted by Crippen LogP contribution is -2.25. The Morgan fingerprint density at radius 3 is 3.04 bits per heavy atom. The van der Waals surface area contributed by atoms with Gasteiger partial charge in [0.2, 0.25) is 5.13 Å². The molecule has 0 aromatic carbocycles. The number of aromatic amines is 1. The Morgan fingerprint density at radius 1 is 1.35 bits per heavy atom. The van der Waals surface area contributed by atoms with Crippen LogP contribution in [0.3, 0.4) is 0 Å². The fourth-order valence-corrected chi connectivity index (χ4v) is 3.28. The van der Waals surface area contributed by atoms with Gasteiger partial charge in [0, 0.05) is 37.2 Å². The van der Waals surface area contributed by atoms with E-state index in [1.165, 1.54) is 24.2 Å². The van der Waals surface area contributed by atoms with E-state index in [4.69, 9.17) is 0 Å². The number of aromatic nitrogens is 4. The van der Waals surface area contributed by atoms with Gasteiger partial charge in [-0.05, 0) is 6.42 Å². The molecule has 126 valence electrons. The van der Waals surface area contributed by atoms with Gasteiger partial charge in [0.1, 0.15) is 5.01 Å². The lowest BCUT2D eigenvalue weighted by atomic mass is 10.1. The van der Waals surface area contributed by atoms with Gasteiger partial charge in [-0.15, -0.1) is 22.6 Å². The van der Waals surface area contributed by atoms with Gasteiger partial charge in [-0.25, -0.2) is 0 Å². The molecule has 7 nitrogen and oxygen atoms in total. The number of fused-ring (bicyclic) bond motifs is 1. The molecule has 1 aliphatic rings. The highest BCUT2D eigenvalue weighted by atomic mass is 35.5. The highest BCUT2D eigenvalue weighted by Crippen LogP contribution is 2.20. The number of halogens is 1. The number of aryl methyl sites for hydroxylation is 1. The predicted molar refractivity (Wildman–Crippen MR) is 92.3 cm³/mol. The monoisotopic (exact) mass is 356 g/mol. The average Bonchev–Trinajstić information content (AvgIpc) is 3.14. The van der Waals surface area contributed by atoms with E-state index in [1.807, 2.05) is 0 Å². The van der Waals surface area contributed by atoms with Crippen LogP contribution in [0.25, 0.3) is 0 Å². The number of hydrogen-bond donors (Lipinski definition) is 3. The number of carbonyl (C=O) groups excluding carboxylic acids is 1. The molecule has 1 aliphatic heterocycles. The lowest BCUT2D eigenvalue weighted by molar-refractivity contribution is 0.102. The molecule has 0 aliphatic carbocycles. The first kappa shape index (κ1) is 17.8. The van der Waals surface area contributed by atoms with E-state index in [9.17, 15) is 4.79 Å². The van der Waals surface area contributed by atoms with E-state index in [1.54, 1.807) is 0 Å². The summed E-state index contributed by atoms with van der Waals surface area (Å²) in [5.74, 6) is -0.225. The van der Waals surface area contributed by atoms with Crippen molar-refractivity contribution in [2.75, 3.05) is 11.9 Å². The number of carbonyl (C=O) groups is 1. The highest BCUT2D eigenvalue weighted by Gasteiger charge is 2.22. The van der Waals surface area contributed by atoms with E-state index in [-0.39, 0.29) is 18.3 Å². The van der Waals surface area contributed by atoms with Crippen molar-refractivity contribution in [3.8, 4) is 0 Å². The van der Waals surface area contributed by atoms with Crippen LogP contribution in [-0.2, 0) is 19.4 Å². The molecule has 0 radical (unpaired) electrons. The van der Waals surface area contributed by atoms with Gasteiger partial charge in [-0.2, -0.15) is 5.10 Å². The number of anilines is 1. The minimum absolute atomic E-state index is 0. The molecule has 3 heterocycles. The molecule has 0 unspecified atom stereocenters. The molecule has 0 atom stereocenters. The summed E-state index contributed by atoms with van der Waals surface area (Å²) in [7, 11) is 0. The lowest BCUT2D eigenvalue weighted by Gasteiger charge is -2.12.